The number of β-lactam (4-membered cyclic amide) rings is 1. The maximum Gasteiger partial charge on any atom is 0.235 e. The summed E-state index contributed by atoms with van der Waals surface area (Å²) < 4.78 is 1.07. The first-order chi connectivity index (χ1) is 11.7. The van der Waals surface area contributed by atoms with Gasteiger partial charge in [-0.05, 0) is 12.8 Å². The van der Waals surface area contributed by atoms with Gasteiger partial charge in [-0.3, -0.25) is 4.79 Å². The van der Waals surface area contributed by atoms with Crippen molar-refractivity contribution in [2.24, 2.45) is 17.8 Å². The minimum Gasteiger partial charge on any atom is -0.543 e. The summed E-state index contributed by atoms with van der Waals surface area (Å²) in [5.74, 6) is -1.48. The van der Waals surface area contributed by atoms with E-state index in [1.165, 1.54) is 30.8 Å². The molecule has 0 aliphatic carbocycles. The van der Waals surface area contributed by atoms with Gasteiger partial charge in [0, 0.05) is 23.7 Å². The van der Waals surface area contributed by atoms with E-state index in [0.29, 0.717) is 11.2 Å². The molecule has 4 saturated heterocycles. The van der Waals surface area contributed by atoms with Gasteiger partial charge in [-0.2, -0.15) is 0 Å². The molecule has 5 aliphatic rings. The molecule has 4 fully saturated rings. The molecule has 0 aromatic carbocycles. The number of hydrogen-bond donors (Lipinski definition) is 1. The van der Waals surface area contributed by atoms with E-state index in [2.05, 4.69) is 7.05 Å². The Hall–Kier alpha value is -1.05. The Morgan fingerprint density at radius 2 is 2.04 bits per heavy atom. The molecule has 25 heavy (non-hydrogen) atoms. The first kappa shape index (κ1) is 17.4. The molecule has 6 nitrogen and oxygen atoms in total. The van der Waals surface area contributed by atoms with E-state index in [1.54, 1.807) is 18.7 Å². The van der Waals surface area contributed by atoms with Gasteiger partial charge in [0.25, 0.3) is 0 Å². The van der Waals surface area contributed by atoms with Crippen molar-refractivity contribution in [3.05, 3.63) is 10.6 Å². The van der Waals surface area contributed by atoms with Crippen molar-refractivity contribution in [2.45, 2.75) is 44.1 Å². The van der Waals surface area contributed by atoms with Crippen molar-refractivity contribution < 1.29 is 24.3 Å². The maximum atomic E-state index is 12.4. The number of nitrogens with zero attached hydrogens (tertiary/aromatic N) is 2. The molecule has 0 aromatic rings. The van der Waals surface area contributed by atoms with E-state index in [0.717, 1.165) is 15.9 Å². The minimum atomic E-state index is -1.27. The zero-order chi connectivity index (χ0) is 18.1. The molecule has 2 bridgehead atoms. The van der Waals surface area contributed by atoms with Crippen LogP contribution in [0.2, 0.25) is 0 Å². The standard InChI is InChI=1S/C18H26N2O4S/c1-9-14-13(10(2)21)17(22)19(14)15(18(23)24)16(9)25-12-8-20(3)6-4-11(12)5-7-20/h9-14,21H,4-8H2,1-3H3/t9-,10-,11?,12?,13-,14-,20?/m1/s1. The summed E-state index contributed by atoms with van der Waals surface area (Å²) >= 11 is 1.67. The molecular weight excluding hydrogens is 340 g/mol. The molecular formula is C18H26N2O4S. The second-order valence-electron chi connectivity index (χ2n) is 8.50. The minimum absolute atomic E-state index is 0.0588. The number of carbonyl (C=O) groups is 2. The average molecular weight is 366 g/mol. The number of fused-ring (bicyclic) bond motifs is 4. The van der Waals surface area contributed by atoms with Gasteiger partial charge in [0.15, 0.2) is 0 Å². The highest BCUT2D eigenvalue weighted by molar-refractivity contribution is 8.03. The van der Waals surface area contributed by atoms with Gasteiger partial charge < -0.3 is 24.4 Å². The number of amides is 1. The van der Waals surface area contributed by atoms with Crippen molar-refractivity contribution >= 4 is 23.6 Å². The Labute approximate surface area is 152 Å². The van der Waals surface area contributed by atoms with Crippen LogP contribution in [0.15, 0.2) is 10.6 Å². The maximum absolute atomic E-state index is 12.4. The van der Waals surface area contributed by atoms with Crippen LogP contribution in [0, 0.1) is 17.8 Å². The third-order valence-electron chi connectivity index (χ3n) is 6.81. The van der Waals surface area contributed by atoms with Gasteiger partial charge in [-0.25, -0.2) is 0 Å². The van der Waals surface area contributed by atoms with E-state index in [9.17, 15) is 19.8 Å². The van der Waals surface area contributed by atoms with Crippen LogP contribution in [0.1, 0.15) is 26.7 Å². The fraction of sp³-hybridized carbons (Fsp3) is 0.778. The Morgan fingerprint density at radius 3 is 2.56 bits per heavy atom. The first-order valence-electron chi connectivity index (χ1n) is 9.20. The molecule has 7 heteroatoms. The lowest BCUT2D eigenvalue weighted by atomic mass is 9.79. The lowest BCUT2D eigenvalue weighted by molar-refractivity contribution is -0.923. The van der Waals surface area contributed by atoms with Gasteiger partial charge in [0.1, 0.15) is 0 Å². The van der Waals surface area contributed by atoms with E-state index in [4.69, 9.17) is 0 Å². The molecule has 5 atom stereocenters. The third-order valence-corrected chi connectivity index (χ3v) is 8.46. The molecule has 0 aromatic heterocycles. The molecule has 0 spiro atoms. The molecule has 1 amide bonds. The molecule has 138 valence electrons. The average Bonchev–Trinajstić information content (AvgIpc) is 2.77. The number of carboxylic acids is 1. The van der Waals surface area contributed by atoms with Crippen molar-refractivity contribution in [1.29, 1.82) is 0 Å². The molecule has 1 unspecified atom stereocenters. The summed E-state index contributed by atoms with van der Waals surface area (Å²) in [6.45, 7) is 7.07. The molecule has 0 radical (unpaired) electrons. The number of aliphatic hydroxyl groups excluding tert-OH is 1. The molecule has 1 N–H and O–H groups in total. The Bertz CT molecular complexity index is 653. The van der Waals surface area contributed by atoms with Gasteiger partial charge in [0.05, 0.1) is 61.7 Å². The Morgan fingerprint density at radius 1 is 1.40 bits per heavy atom. The Balaban J connectivity index is 1.62. The molecule has 5 rings (SSSR count). The number of rotatable bonds is 4. The van der Waals surface area contributed by atoms with Gasteiger partial charge >= 0.3 is 0 Å². The highest BCUT2D eigenvalue weighted by Gasteiger charge is 2.59. The SMILES string of the molecule is C[C@@H](O)[C@H]1C(=O)N2C(C(=O)[O-])=C(SC3C[N+]4(C)CCC3CC4)[C@H](C)[C@H]12. The van der Waals surface area contributed by atoms with Crippen molar-refractivity contribution in [1.82, 2.24) is 4.90 Å². The zero-order valence-corrected chi connectivity index (χ0v) is 15.8. The van der Waals surface area contributed by atoms with Crippen LogP contribution in [0.4, 0.5) is 0 Å². The van der Waals surface area contributed by atoms with Crippen LogP contribution in [0.5, 0.6) is 0 Å². The number of piperidine rings is 3. The second-order valence-corrected chi connectivity index (χ2v) is 9.78. The first-order valence-corrected chi connectivity index (χ1v) is 10.1. The fourth-order valence-corrected chi connectivity index (χ4v) is 7.19. The summed E-state index contributed by atoms with van der Waals surface area (Å²) in [4.78, 5) is 26.3. The van der Waals surface area contributed by atoms with Crippen LogP contribution in [-0.2, 0) is 9.59 Å². The van der Waals surface area contributed by atoms with Crippen LogP contribution in [-0.4, -0.2) is 70.4 Å². The highest BCUT2D eigenvalue weighted by Crippen LogP contribution is 2.53. The number of quaternary nitrogens is 1. The number of hydrogen-bond acceptors (Lipinski definition) is 5. The number of aliphatic hydroxyl groups is 1. The largest absolute Gasteiger partial charge is 0.543 e. The van der Waals surface area contributed by atoms with E-state index in [-0.39, 0.29) is 23.6 Å². The normalized spacial score (nSPS) is 43.9. The van der Waals surface area contributed by atoms with E-state index in [1.807, 2.05) is 6.92 Å². The molecule has 5 aliphatic heterocycles. The van der Waals surface area contributed by atoms with Crippen LogP contribution >= 0.6 is 11.8 Å². The second kappa shape index (κ2) is 5.72. The quantitative estimate of drug-likeness (QED) is 0.549. The summed E-state index contributed by atoms with van der Waals surface area (Å²) in [5, 5.41) is 22.1. The topological polar surface area (TPSA) is 80.7 Å². The number of thioether (sulfide) groups is 1. The summed E-state index contributed by atoms with van der Waals surface area (Å²) in [7, 11) is 2.29. The van der Waals surface area contributed by atoms with Gasteiger partial charge in [0.2, 0.25) is 5.91 Å². The molecule has 0 saturated carbocycles. The third kappa shape index (κ3) is 2.46. The summed E-state index contributed by atoms with van der Waals surface area (Å²) in [6, 6.07) is -0.242. The summed E-state index contributed by atoms with van der Waals surface area (Å²) in [6.07, 6.45) is 1.63. The van der Waals surface area contributed by atoms with Crippen molar-refractivity contribution in [3.63, 3.8) is 0 Å². The lowest BCUT2D eigenvalue weighted by Gasteiger charge is -2.50. The van der Waals surface area contributed by atoms with Gasteiger partial charge in [-0.1, -0.05) is 6.92 Å². The predicted octanol–water partition coefficient (Wildman–Crippen LogP) is -0.223. The van der Waals surface area contributed by atoms with Gasteiger partial charge in [-0.15, -0.1) is 11.8 Å². The molecule has 5 heterocycles. The van der Waals surface area contributed by atoms with Crippen LogP contribution < -0.4 is 5.11 Å². The zero-order valence-electron chi connectivity index (χ0n) is 15.0. The monoisotopic (exact) mass is 366 g/mol. The number of carbonyl (C=O) groups excluding carboxylic acids is 2. The lowest BCUT2D eigenvalue weighted by Crippen LogP contribution is -2.64. The Kier molecular flexibility index (Phi) is 3.98. The van der Waals surface area contributed by atoms with E-state index < -0.39 is 18.0 Å². The predicted molar refractivity (Wildman–Crippen MR) is 91.9 cm³/mol. The van der Waals surface area contributed by atoms with Crippen molar-refractivity contribution in [2.75, 3.05) is 26.7 Å². The summed E-state index contributed by atoms with van der Waals surface area (Å²) in [5.41, 5.74) is 0.0588. The smallest absolute Gasteiger partial charge is 0.235 e. The van der Waals surface area contributed by atoms with Crippen molar-refractivity contribution in [3.8, 4) is 0 Å². The van der Waals surface area contributed by atoms with Crippen LogP contribution in [0.25, 0.3) is 0 Å². The number of carboxylic acid groups (broad SMARTS) is 1. The van der Waals surface area contributed by atoms with E-state index >= 15 is 0 Å². The fourth-order valence-electron chi connectivity index (χ4n) is 5.31. The number of aliphatic carboxylic acids is 1. The van der Waals surface area contributed by atoms with Crippen LogP contribution in [0.3, 0.4) is 0 Å². The highest BCUT2D eigenvalue weighted by atomic mass is 32.2.